The van der Waals surface area contributed by atoms with Gasteiger partial charge in [0.2, 0.25) is 0 Å². The normalized spacial score (nSPS) is 35.8. The highest BCUT2D eigenvalue weighted by molar-refractivity contribution is 7.32. The van der Waals surface area contributed by atoms with E-state index < -0.39 is 0 Å². The molecule has 0 aromatic carbocycles. The van der Waals surface area contributed by atoms with E-state index in [1.165, 1.54) is 83.5 Å². The van der Waals surface area contributed by atoms with Crippen molar-refractivity contribution in [3.8, 4) is 0 Å². The number of rotatable bonds is 1. The maximum absolute atomic E-state index is 13.3. The number of allylic oxidation sites excluding steroid dienone is 2. The first-order valence-corrected chi connectivity index (χ1v) is 10.4. The Morgan fingerprint density at radius 3 is 2.10 bits per heavy atom. The Balaban J connectivity index is 1.83. The Bertz CT molecular complexity index is 289. The van der Waals surface area contributed by atoms with Crippen molar-refractivity contribution < 1.29 is 4.20 Å². The fourth-order valence-electron chi connectivity index (χ4n) is 4.28. The van der Waals surface area contributed by atoms with E-state index in [1.807, 2.05) is 0 Å². The van der Waals surface area contributed by atoms with Gasteiger partial charge >= 0.3 is 0 Å². The van der Waals surface area contributed by atoms with Crippen LogP contribution in [0.3, 0.4) is 0 Å². The summed E-state index contributed by atoms with van der Waals surface area (Å²) >= 11 is 0. The maximum atomic E-state index is 13.3. The lowest BCUT2D eigenvalue weighted by Crippen LogP contribution is -2.15. The summed E-state index contributed by atoms with van der Waals surface area (Å²) in [6.45, 7) is 0. The maximum Gasteiger partial charge on any atom is 0.0705 e. The third-order valence-corrected chi connectivity index (χ3v) is 6.62. The van der Waals surface area contributed by atoms with Crippen LogP contribution in [0, 0.1) is 11.8 Å². The monoisotopic (exact) mass is 312 g/mol. The van der Waals surface area contributed by atoms with Crippen molar-refractivity contribution >= 4 is 8.89 Å². The molecule has 0 radical (unpaired) electrons. The second kappa shape index (κ2) is 10.8. The van der Waals surface area contributed by atoms with Crippen LogP contribution in [-0.2, 0) is 0 Å². The summed E-state index contributed by atoms with van der Waals surface area (Å²) in [6.07, 6.45) is 23.6. The van der Waals surface area contributed by atoms with E-state index in [-0.39, 0.29) is 8.89 Å². The van der Waals surface area contributed by atoms with Crippen LogP contribution < -0.4 is 0 Å². The first-order chi connectivity index (χ1) is 10.4. The van der Waals surface area contributed by atoms with Gasteiger partial charge < -0.3 is 0 Å². The molecule has 0 spiro atoms. The summed E-state index contributed by atoms with van der Waals surface area (Å²) in [6, 6.07) is 0. The highest BCUT2D eigenvalue weighted by Crippen LogP contribution is 2.46. The summed E-state index contributed by atoms with van der Waals surface area (Å²) in [5, 5.41) is 0. The third kappa shape index (κ3) is 6.39. The second-order valence-electron chi connectivity index (χ2n) is 7.18. The van der Waals surface area contributed by atoms with E-state index in [9.17, 15) is 4.20 Å². The van der Waals surface area contributed by atoms with Crippen LogP contribution in [0.5, 0.6) is 0 Å². The number of halogens is 1. The van der Waals surface area contributed by atoms with Crippen LogP contribution in [-0.4, -0.2) is 5.66 Å². The molecule has 0 heterocycles. The van der Waals surface area contributed by atoms with Crippen LogP contribution in [0.25, 0.3) is 0 Å². The van der Waals surface area contributed by atoms with Crippen LogP contribution in [0.1, 0.15) is 89.9 Å². The average molecular weight is 312 g/mol. The van der Waals surface area contributed by atoms with Crippen molar-refractivity contribution in [1.29, 1.82) is 0 Å². The molecule has 2 aliphatic carbocycles. The first-order valence-electron chi connectivity index (χ1n) is 9.43. The molecule has 2 rings (SSSR count). The third-order valence-electron chi connectivity index (χ3n) is 5.62. The molecule has 0 amide bonds. The molecule has 0 aromatic heterocycles. The largest absolute Gasteiger partial charge is 0.230 e. The van der Waals surface area contributed by atoms with Gasteiger partial charge in [-0.2, -0.15) is 0 Å². The molecule has 0 N–H and O–H groups in total. The molecule has 0 aromatic rings. The zero-order valence-corrected chi connectivity index (χ0v) is 14.7. The van der Waals surface area contributed by atoms with E-state index in [0.29, 0.717) is 11.6 Å². The molecule has 0 aliphatic heterocycles. The van der Waals surface area contributed by atoms with Gasteiger partial charge in [0, 0.05) is 5.66 Å². The van der Waals surface area contributed by atoms with Gasteiger partial charge in [-0.25, -0.2) is 4.20 Å². The summed E-state index contributed by atoms with van der Waals surface area (Å²) in [5.41, 5.74) is 0.405. The average Bonchev–Trinajstić information content (AvgIpc) is 2.88. The minimum absolute atomic E-state index is 0.320. The van der Waals surface area contributed by atoms with Gasteiger partial charge in [-0.05, 0) is 50.4 Å². The van der Waals surface area contributed by atoms with E-state index in [2.05, 4.69) is 12.2 Å². The Morgan fingerprint density at radius 2 is 1.38 bits per heavy atom. The minimum Gasteiger partial charge on any atom is -0.230 e. The van der Waals surface area contributed by atoms with E-state index >= 15 is 0 Å². The topological polar surface area (TPSA) is 0 Å². The van der Waals surface area contributed by atoms with Gasteiger partial charge in [-0.1, -0.05) is 63.5 Å². The molecule has 0 bridgehead atoms. The molecule has 2 aliphatic rings. The van der Waals surface area contributed by atoms with E-state index in [1.54, 1.807) is 0 Å². The van der Waals surface area contributed by atoms with Crippen LogP contribution >= 0.6 is 8.89 Å². The van der Waals surface area contributed by atoms with Crippen LogP contribution in [0.4, 0.5) is 4.20 Å². The summed E-state index contributed by atoms with van der Waals surface area (Å²) < 4.78 is 13.3. The molecule has 2 unspecified atom stereocenters. The highest BCUT2D eigenvalue weighted by Gasteiger charge is 2.34. The molecular weight excluding hydrogens is 278 g/mol. The van der Waals surface area contributed by atoms with Crippen LogP contribution in [0.2, 0.25) is 0 Å². The van der Waals surface area contributed by atoms with Gasteiger partial charge in [0.1, 0.15) is 0 Å². The van der Waals surface area contributed by atoms with E-state index in [0.717, 1.165) is 12.3 Å². The van der Waals surface area contributed by atoms with Gasteiger partial charge in [0.05, 0.1) is 8.89 Å². The summed E-state index contributed by atoms with van der Waals surface area (Å²) in [4.78, 5) is 0. The molecular formula is C19H34FP. The van der Waals surface area contributed by atoms with Crippen molar-refractivity contribution in [3.05, 3.63) is 12.2 Å². The SMILES string of the molecule is FP[C@@H]1CC[C@@H]2C/C=C\CCCCCCCCCCCC21. The predicted octanol–water partition coefficient (Wildman–Crippen LogP) is 7.20. The van der Waals surface area contributed by atoms with Crippen molar-refractivity contribution in [2.75, 3.05) is 0 Å². The number of fused-ring (bicyclic) bond motifs is 1. The zero-order chi connectivity index (χ0) is 14.8. The van der Waals surface area contributed by atoms with Gasteiger partial charge in [-0.3, -0.25) is 0 Å². The Labute approximate surface area is 133 Å². The second-order valence-corrected chi connectivity index (χ2v) is 8.14. The first kappa shape index (κ1) is 17.5. The Hall–Kier alpha value is 0.100. The van der Waals surface area contributed by atoms with Crippen LogP contribution in [0.15, 0.2) is 12.2 Å². The lowest BCUT2D eigenvalue weighted by atomic mass is 9.87. The fraction of sp³-hybridized carbons (Fsp3) is 0.895. The summed E-state index contributed by atoms with van der Waals surface area (Å²) in [7, 11) is -0.320. The van der Waals surface area contributed by atoms with Crippen molar-refractivity contribution in [1.82, 2.24) is 0 Å². The van der Waals surface area contributed by atoms with Crippen molar-refractivity contribution in [2.24, 2.45) is 11.8 Å². The summed E-state index contributed by atoms with van der Waals surface area (Å²) in [5.74, 6) is 1.47. The molecule has 1 fully saturated rings. The Kier molecular flexibility index (Phi) is 8.95. The molecule has 2 heteroatoms. The van der Waals surface area contributed by atoms with Gasteiger partial charge in [0.25, 0.3) is 0 Å². The Morgan fingerprint density at radius 1 is 0.714 bits per heavy atom. The standard InChI is InChI=1S/C19H34FP/c20-21-19-16-15-17-13-11-9-7-5-3-1-2-4-6-8-10-12-14-18(17)19/h9,11,17-19,21H,1-8,10,12-16H2/b11-9-/t17-,18?,19+/m0/s1. The quantitative estimate of drug-likeness (QED) is 0.355. The molecule has 4 atom stereocenters. The van der Waals surface area contributed by atoms with Crippen molar-refractivity contribution in [2.45, 2.75) is 95.6 Å². The fourth-order valence-corrected chi connectivity index (χ4v) is 5.16. The van der Waals surface area contributed by atoms with Crippen molar-refractivity contribution in [3.63, 3.8) is 0 Å². The lowest BCUT2D eigenvalue weighted by molar-refractivity contribution is 0.354. The molecule has 0 nitrogen and oxygen atoms in total. The number of hydrogen-bond acceptors (Lipinski definition) is 0. The molecule has 21 heavy (non-hydrogen) atoms. The highest BCUT2D eigenvalue weighted by atomic mass is 31.1. The van der Waals surface area contributed by atoms with Gasteiger partial charge in [-0.15, -0.1) is 0 Å². The van der Waals surface area contributed by atoms with Gasteiger partial charge in [0.15, 0.2) is 0 Å². The zero-order valence-electron chi connectivity index (χ0n) is 13.7. The smallest absolute Gasteiger partial charge is 0.0705 e. The predicted molar refractivity (Wildman–Crippen MR) is 94.0 cm³/mol. The molecule has 0 saturated heterocycles. The number of hydrogen-bond donors (Lipinski definition) is 0. The minimum atomic E-state index is -0.320. The lowest BCUT2D eigenvalue weighted by Gasteiger charge is -2.22. The van der Waals surface area contributed by atoms with E-state index in [4.69, 9.17) is 0 Å². The molecule has 1 saturated carbocycles. The molecule has 122 valence electrons.